The number of hydrogen-bond donors (Lipinski definition) is 2. The molecule has 0 amide bonds. The smallest absolute Gasteiger partial charge is 0.267 e. The summed E-state index contributed by atoms with van der Waals surface area (Å²) in [5.41, 5.74) is 8.20. The Morgan fingerprint density at radius 3 is 2.59 bits per heavy atom. The zero-order valence-electron chi connectivity index (χ0n) is 16.9. The number of nitrogens with two attached hydrogens (primary N) is 1. The molecule has 0 radical (unpaired) electrons. The quantitative estimate of drug-likeness (QED) is 0.426. The minimum atomic E-state index is -0.208. The fraction of sp³-hybridized carbons (Fsp3) is 0.0870. The van der Waals surface area contributed by atoms with Crippen LogP contribution < -0.4 is 16.6 Å². The standard InChI is InChI=1S/C23H18ClN7O/c24-15-8-4-9-16-19(15)22(32)31(14-6-2-1-3-7-14)18(28-16)11-13-27-21-20-17(10-5-12-26-20)29-23(25)30-21/h1-10,12H,11,13H2,(H3,25,27,29,30). The van der Waals surface area contributed by atoms with Crippen LogP contribution in [0.5, 0.6) is 0 Å². The molecule has 8 nitrogen and oxygen atoms in total. The second-order valence-corrected chi connectivity index (χ2v) is 7.52. The third kappa shape index (κ3) is 3.61. The van der Waals surface area contributed by atoms with Crippen molar-refractivity contribution >= 4 is 45.3 Å². The summed E-state index contributed by atoms with van der Waals surface area (Å²) in [5.74, 6) is 1.29. The number of para-hydroxylation sites is 1. The number of nitrogen functional groups attached to an aromatic ring is 1. The minimum absolute atomic E-state index is 0.160. The molecule has 32 heavy (non-hydrogen) atoms. The summed E-state index contributed by atoms with van der Waals surface area (Å²) >= 11 is 6.33. The van der Waals surface area contributed by atoms with E-state index in [1.54, 1.807) is 35.0 Å². The number of rotatable bonds is 5. The number of benzene rings is 2. The van der Waals surface area contributed by atoms with E-state index in [2.05, 4.69) is 20.3 Å². The first kappa shape index (κ1) is 19.9. The SMILES string of the molecule is Nc1nc(NCCc2nc3cccc(Cl)c3c(=O)n2-c2ccccc2)c2ncccc2n1. The molecule has 158 valence electrons. The fourth-order valence-corrected chi connectivity index (χ4v) is 3.90. The Hall–Kier alpha value is -4.04. The van der Waals surface area contributed by atoms with Gasteiger partial charge in [-0.3, -0.25) is 14.3 Å². The average Bonchev–Trinajstić information content (AvgIpc) is 2.79. The number of anilines is 2. The summed E-state index contributed by atoms with van der Waals surface area (Å²) in [6.07, 6.45) is 2.12. The maximum absolute atomic E-state index is 13.4. The highest BCUT2D eigenvalue weighted by Gasteiger charge is 2.15. The van der Waals surface area contributed by atoms with Crippen LogP contribution in [-0.2, 0) is 6.42 Å². The van der Waals surface area contributed by atoms with Gasteiger partial charge in [-0.2, -0.15) is 4.98 Å². The third-order valence-corrected chi connectivity index (χ3v) is 5.36. The molecule has 0 unspecified atom stereocenters. The van der Waals surface area contributed by atoms with Gasteiger partial charge in [0.15, 0.2) is 5.82 Å². The van der Waals surface area contributed by atoms with Crippen LogP contribution in [0, 0.1) is 0 Å². The Morgan fingerprint density at radius 2 is 1.75 bits per heavy atom. The highest BCUT2D eigenvalue weighted by Crippen LogP contribution is 2.21. The summed E-state index contributed by atoms with van der Waals surface area (Å²) in [6.45, 7) is 0.452. The molecule has 9 heteroatoms. The summed E-state index contributed by atoms with van der Waals surface area (Å²) in [5, 5.41) is 4.03. The van der Waals surface area contributed by atoms with Gasteiger partial charge >= 0.3 is 0 Å². The maximum atomic E-state index is 13.4. The lowest BCUT2D eigenvalue weighted by molar-refractivity contribution is 0.809. The topological polar surface area (TPSA) is 112 Å². The van der Waals surface area contributed by atoms with E-state index in [1.165, 1.54) is 0 Å². The van der Waals surface area contributed by atoms with Crippen LogP contribution in [-0.4, -0.2) is 31.0 Å². The molecule has 0 fully saturated rings. The number of nitrogens with one attached hydrogen (secondary N) is 1. The molecule has 0 spiro atoms. The second-order valence-electron chi connectivity index (χ2n) is 7.12. The molecule has 5 aromatic rings. The van der Waals surface area contributed by atoms with E-state index in [1.807, 2.05) is 36.4 Å². The van der Waals surface area contributed by atoms with Crippen molar-refractivity contribution < 1.29 is 0 Å². The highest BCUT2D eigenvalue weighted by molar-refractivity contribution is 6.35. The zero-order valence-corrected chi connectivity index (χ0v) is 17.6. The van der Waals surface area contributed by atoms with Gasteiger partial charge in [0, 0.05) is 19.2 Å². The van der Waals surface area contributed by atoms with Crippen LogP contribution in [0.1, 0.15) is 5.82 Å². The van der Waals surface area contributed by atoms with Crippen molar-refractivity contribution in [1.82, 2.24) is 24.5 Å². The normalized spacial score (nSPS) is 11.2. The first-order valence-corrected chi connectivity index (χ1v) is 10.4. The Balaban J connectivity index is 1.54. The van der Waals surface area contributed by atoms with Crippen molar-refractivity contribution in [2.45, 2.75) is 6.42 Å². The Bertz CT molecular complexity index is 1500. The van der Waals surface area contributed by atoms with Gasteiger partial charge in [-0.15, -0.1) is 0 Å². The third-order valence-electron chi connectivity index (χ3n) is 5.04. The van der Waals surface area contributed by atoms with Crippen LogP contribution >= 0.6 is 11.6 Å². The van der Waals surface area contributed by atoms with Gasteiger partial charge in [0.1, 0.15) is 11.3 Å². The molecule has 5 rings (SSSR count). The van der Waals surface area contributed by atoms with E-state index < -0.39 is 0 Å². The first-order valence-electron chi connectivity index (χ1n) is 9.99. The van der Waals surface area contributed by atoms with E-state index >= 15 is 0 Å². The Morgan fingerprint density at radius 1 is 0.938 bits per heavy atom. The average molecular weight is 444 g/mol. The van der Waals surface area contributed by atoms with Gasteiger partial charge in [-0.05, 0) is 36.4 Å². The molecule has 3 N–H and O–H groups in total. The van der Waals surface area contributed by atoms with Crippen LogP contribution in [0.4, 0.5) is 11.8 Å². The lowest BCUT2D eigenvalue weighted by Gasteiger charge is -2.15. The number of halogens is 1. The van der Waals surface area contributed by atoms with Crippen LogP contribution in [0.15, 0.2) is 71.7 Å². The molecular weight excluding hydrogens is 426 g/mol. The summed E-state index contributed by atoms with van der Waals surface area (Å²) in [4.78, 5) is 31.0. The van der Waals surface area contributed by atoms with E-state index in [4.69, 9.17) is 22.3 Å². The Labute approximate surface area is 187 Å². The lowest BCUT2D eigenvalue weighted by Crippen LogP contribution is -2.25. The Kier molecular flexibility index (Phi) is 5.12. The second kappa shape index (κ2) is 8.24. The van der Waals surface area contributed by atoms with Gasteiger partial charge in [0.25, 0.3) is 5.56 Å². The van der Waals surface area contributed by atoms with Gasteiger partial charge in [0.2, 0.25) is 5.95 Å². The molecular formula is C23H18ClN7O. The fourth-order valence-electron chi connectivity index (χ4n) is 3.65. The van der Waals surface area contributed by atoms with Crippen LogP contribution in [0.2, 0.25) is 5.02 Å². The van der Waals surface area contributed by atoms with Gasteiger partial charge in [-0.25, -0.2) is 9.97 Å². The van der Waals surface area contributed by atoms with Gasteiger partial charge < -0.3 is 11.1 Å². The van der Waals surface area contributed by atoms with Crippen molar-refractivity contribution in [3.8, 4) is 5.69 Å². The van der Waals surface area contributed by atoms with E-state index in [-0.39, 0.29) is 11.5 Å². The summed E-state index contributed by atoms with van der Waals surface area (Å²) in [6, 6.07) is 18.3. The van der Waals surface area contributed by atoms with Crippen molar-refractivity contribution in [1.29, 1.82) is 0 Å². The molecule has 0 atom stereocenters. The molecule has 3 heterocycles. The van der Waals surface area contributed by atoms with Crippen LogP contribution in [0.3, 0.4) is 0 Å². The van der Waals surface area contributed by atoms with E-state index in [0.717, 1.165) is 5.69 Å². The maximum Gasteiger partial charge on any atom is 0.267 e. The molecule has 0 aliphatic heterocycles. The largest absolute Gasteiger partial charge is 0.368 e. The van der Waals surface area contributed by atoms with Crippen LogP contribution in [0.25, 0.3) is 27.6 Å². The van der Waals surface area contributed by atoms with Crippen molar-refractivity contribution in [3.63, 3.8) is 0 Å². The molecule has 0 aliphatic carbocycles. The predicted molar refractivity (Wildman–Crippen MR) is 126 cm³/mol. The first-order chi connectivity index (χ1) is 15.6. The predicted octanol–water partition coefficient (Wildman–Crippen LogP) is 3.61. The number of fused-ring (bicyclic) bond motifs is 2. The van der Waals surface area contributed by atoms with E-state index in [9.17, 15) is 4.79 Å². The molecule has 0 bridgehead atoms. The number of pyridine rings is 1. The highest BCUT2D eigenvalue weighted by atomic mass is 35.5. The molecule has 0 saturated carbocycles. The summed E-state index contributed by atoms with van der Waals surface area (Å²) in [7, 11) is 0. The molecule has 0 saturated heterocycles. The van der Waals surface area contributed by atoms with Gasteiger partial charge in [0.05, 0.1) is 27.1 Å². The van der Waals surface area contributed by atoms with E-state index in [0.29, 0.717) is 51.6 Å². The number of aromatic nitrogens is 5. The lowest BCUT2D eigenvalue weighted by atomic mass is 10.2. The molecule has 2 aromatic carbocycles. The molecule has 0 aliphatic rings. The zero-order chi connectivity index (χ0) is 22.1. The minimum Gasteiger partial charge on any atom is -0.368 e. The summed E-state index contributed by atoms with van der Waals surface area (Å²) < 4.78 is 1.60. The monoisotopic (exact) mass is 443 g/mol. The van der Waals surface area contributed by atoms with Crippen molar-refractivity contribution in [3.05, 3.63) is 88.1 Å². The number of nitrogens with zero attached hydrogens (tertiary/aromatic N) is 5. The molecule has 3 aromatic heterocycles. The van der Waals surface area contributed by atoms with Crippen molar-refractivity contribution in [2.75, 3.05) is 17.6 Å². The van der Waals surface area contributed by atoms with Crippen molar-refractivity contribution in [2.24, 2.45) is 0 Å². The van der Waals surface area contributed by atoms with Gasteiger partial charge in [-0.1, -0.05) is 35.9 Å². The number of hydrogen-bond acceptors (Lipinski definition) is 7.